The molecule has 1 aromatic carbocycles. The van der Waals surface area contributed by atoms with E-state index in [2.05, 4.69) is 5.32 Å². The van der Waals surface area contributed by atoms with Gasteiger partial charge in [-0.2, -0.15) is 0 Å². The van der Waals surface area contributed by atoms with Crippen LogP contribution in [0.15, 0.2) is 18.2 Å². The first-order valence-electron chi connectivity index (χ1n) is 8.95. The van der Waals surface area contributed by atoms with E-state index in [0.717, 1.165) is 22.5 Å². The summed E-state index contributed by atoms with van der Waals surface area (Å²) in [4.78, 5) is 36.8. The summed E-state index contributed by atoms with van der Waals surface area (Å²) in [6.45, 7) is 4.94. The third kappa shape index (κ3) is 5.26. The minimum Gasteiger partial charge on any atom is -0.481 e. The normalized spacial score (nSPS) is 10.3. The number of esters is 2. The van der Waals surface area contributed by atoms with Crippen LogP contribution in [0.1, 0.15) is 43.6 Å². The van der Waals surface area contributed by atoms with Crippen LogP contribution in [0.5, 0.6) is 5.75 Å². The number of anilines is 1. The quantitative estimate of drug-likeness (QED) is 0.630. The topological polar surface area (TPSA) is 117 Å². The fourth-order valence-corrected chi connectivity index (χ4v) is 3.71. The standard InChI is InChI=1S/C20H24N2O6S/c1-5-26-20(25)15-13(17(19(24)22-4)29-18(15)21)9-27-14(23)10-28-16-11(2)7-6-8-12(16)3/h6-8H,5,9-10,21H2,1-4H3,(H,22,24). The third-order valence-corrected chi connectivity index (χ3v) is 5.13. The molecule has 0 fully saturated rings. The Bertz CT molecular complexity index is 902. The van der Waals surface area contributed by atoms with Gasteiger partial charge in [-0.15, -0.1) is 11.3 Å². The zero-order valence-electron chi connectivity index (χ0n) is 16.8. The van der Waals surface area contributed by atoms with Crippen LogP contribution < -0.4 is 15.8 Å². The third-order valence-electron chi connectivity index (χ3n) is 4.07. The molecule has 1 heterocycles. The van der Waals surface area contributed by atoms with E-state index in [4.69, 9.17) is 19.9 Å². The Kier molecular flexibility index (Phi) is 7.60. The van der Waals surface area contributed by atoms with Crippen LogP contribution in [0.4, 0.5) is 5.00 Å². The van der Waals surface area contributed by atoms with Crippen LogP contribution in [-0.2, 0) is 20.9 Å². The van der Waals surface area contributed by atoms with Gasteiger partial charge < -0.3 is 25.3 Å². The Morgan fingerprint density at radius 1 is 1.14 bits per heavy atom. The first-order chi connectivity index (χ1) is 13.8. The number of nitrogen functional groups attached to an aromatic ring is 1. The van der Waals surface area contributed by atoms with Crippen molar-refractivity contribution in [2.24, 2.45) is 0 Å². The second kappa shape index (κ2) is 9.92. The molecule has 2 rings (SSSR count). The summed E-state index contributed by atoms with van der Waals surface area (Å²) in [6, 6.07) is 5.65. The van der Waals surface area contributed by atoms with Gasteiger partial charge in [0.05, 0.1) is 6.61 Å². The average molecular weight is 420 g/mol. The van der Waals surface area contributed by atoms with E-state index in [0.29, 0.717) is 5.75 Å². The van der Waals surface area contributed by atoms with E-state index in [1.165, 1.54) is 7.05 Å². The molecule has 1 amide bonds. The summed E-state index contributed by atoms with van der Waals surface area (Å²) < 4.78 is 15.8. The van der Waals surface area contributed by atoms with Gasteiger partial charge in [0.1, 0.15) is 27.8 Å². The number of nitrogens with one attached hydrogen (secondary N) is 1. The molecule has 0 spiro atoms. The molecule has 0 atom stereocenters. The lowest BCUT2D eigenvalue weighted by Gasteiger charge is -2.12. The van der Waals surface area contributed by atoms with Crippen molar-refractivity contribution in [3.05, 3.63) is 45.3 Å². The number of benzene rings is 1. The molecule has 0 aliphatic carbocycles. The summed E-state index contributed by atoms with van der Waals surface area (Å²) in [7, 11) is 1.45. The van der Waals surface area contributed by atoms with Crippen molar-refractivity contribution in [2.75, 3.05) is 26.0 Å². The second-order valence-electron chi connectivity index (χ2n) is 6.12. The average Bonchev–Trinajstić information content (AvgIpc) is 3.01. The maximum Gasteiger partial charge on any atom is 0.344 e. The monoisotopic (exact) mass is 420 g/mol. The van der Waals surface area contributed by atoms with Crippen molar-refractivity contribution in [1.82, 2.24) is 5.32 Å². The molecule has 0 aliphatic rings. The Balaban J connectivity index is 2.14. The molecule has 0 saturated carbocycles. The molecule has 0 saturated heterocycles. The lowest BCUT2D eigenvalue weighted by molar-refractivity contribution is -0.147. The van der Waals surface area contributed by atoms with E-state index in [-0.39, 0.29) is 40.8 Å². The second-order valence-corrected chi connectivity index (χ2v) is 7.17. The minimum atomic E-state index is -0.672. The Morgan fingerprint density at radius 3 is 2.38 bits per heavy atom. The number of carbonyl (C=O) groups excluding carboxylic acids is 3. The Labute approximate surface area is 172 Å². The SMILES string of the molecule is CCOC(=O)c1c(N)sc(C(=O)NC)c1COC(=O)COc1c(C)cccc1C. The van der Waals surface area contributed by atoms with Gasteiger partial charge in [0.2, 0.25) is 0 Å². The molecule has 0 aliphatic heterocycles. The molecule has 9 heteroatoms. The predicted octanol–water partition coefficient (Wildman–Crippen LogP) is 2.61. The van der Waals surface area contributed by atoms with Gasteiger partial charge in [0, 0.05) is 12.6 Å². The van der Waals surface area contributed by atoms with E-state index in [1.54, 1.807) is 6.92 Å². The van der Waals surface area contributed by atoms with Crippen molar-refractivity contribution in [3.8, 4) is 5.75 Å². The fraction of sp³-hybridized carbons (Fsp3) is 0.350. The van der Waals surface area contributed by atoms with E-state index < -0.39 is 17.8 Å². The summed E-state index contributed by atoms with van der Waals surface area (Å²) >= 11 is 0.936. The number of rotatable bonds is 8. The molecule has 0 unspecified atom stereocenters. The molecule has 2 aromatic rings. The molecular formula is C20H24N2O6S. The molecule has 1 aromatic heterocycles. The highest BCUT2D eigenvalue weighted by Gasteiger charge is 2.27. The van der Waals surface area contributed by atoms with Gasteiger partial charge >= 0.3 is 11.9 Å². The first-order valence-corrected chi connectivity index (χ1v) is 9.76. The van der Waals surface area contributed by atoms with Gasteiger partial charge in [-0.05, 0) is 31.9 Å². The molecule has 0 radical (unpaired) electrons. The maximum atomic E-state index is 12.2. The largest absolute Gasteiger partial charge is 0.481 e. The molecule has 0 bridgehead atoms. The van der Waals surface area contributed by atoms with E-state index in [1.807, 2.05) is 32.0 Å². The van der Waals surface area contributed by atoms with E-state index >= 15 is 0 Å². The van der Waals surface area contributed by atoms with Crippen LogP contribution >= 0.6 is 11.3 Å². The first kappa shape index (κ1) is 22.2. The Morgan fingerprint density at radius 2 is 1.79 bits per heavy atom. The smallest absolute Gasteiger partial charge is 0.344 e. The highest BCUT2D eigenvalue weighted by molar-refractivity contribution is 7.18. The zero-order chi connectivity index (χ0) is 21.6. The predicted molar refractivity (Wildman–Crippen MR) is 109 cm³/mol. The van der Waals surface area contributed by atoms with Crippen molar-refractivity contribution in [2.45, 2.75) is 27.4 Å². The molecular weight excluding hydrogens is 396 g/mol. The Hall–Kier alpha value is -3.07. The van der Waals surface area contributed by atoms with Crippen LogP contribution in [0, 0.1) is 13.8 Å². The molecule has 8 nitrogen and oxygen atoms in total. The summed E-state index contributed by atoms with van der Waals surface area (Å²) in [5, 5.41) is 2.60. The number of ether oxygens (including phenoxy) is 3. The summed E-state index contributed by atoms with van der Waals surface area (Å²) in [5.74, 6) is -1.14. The highest BCUT2D eigenvalue weighted by Crippen LogP contribution is 2.32. The lowest BCUT2D eigenvalue weighted by Crippen LogP contribution is -2.21. The van der Waals surface area contributed by atoms with Crippen molar-refractivity contribution < 1.29 is 28.6 Å². The van der Waals surface area contributed by atoms with Crippen LogP contribution in [0.3, 0.4) is 0 Å². The number of thiophene rings is 1. The number of carbonyl (C=O) groups is 3. The van der Waals surface area contributed by atoms with Gasteiger partial charge in [0.25, 0.3) is 5.91 Å². The van der Waals surface area contributed by atoms with Crippen molar-refractivity contribution in [1.29, 1.82) is 0 Å². The van der Waals surface area contributed by atoms with Gasteiger partial charge in [-0.1, -0.05) is 18.2 Å². The number of para-hydroxylation sites is 1. The molecule has 156 valence electrons. The van der Waals surface area contributed by atoms with Crippen molar-refractivity contribution in [3.63, 3.8) is 0 Å². The number of hydrogen-bond acceptors (Lipinski definition) is 8. The summed E-state index contributed by atoms with van der Waals surface area (Å²) in [6.07, 6.45) is 0. The van der Waals surface area contributed by atoms with E-state index in [9.17, 15) is 14.4 Å². The van der Waals surface area contributed by atoms with Crippen LogP contribution in [0.25, 0.3) is 0 Å². The fourth-order valence-electron chi connectivity index (χ4n) is 2.70. The molecule has 3 N–H and O–H groups in total. The number of hydrogen-bond donors (Lipinski definition) is 2. The van der Waals surface area contributed by atoms with Gasteiger partial charge in [0.15, 0.2) is 6.61 Å². The maximum absolute atomic E-state index is 12.2. The minimum absolute atomic E-state index is 0.0407. The zero-order valence-corrected chi connectivity index (χ0v) is 17.6. The molecule has 29 heavy (non-hydrogen) atoms. The summed E-state index contributed by atoms with van der Waals surface area (Å²) in [5.41, 5.74) is 7.96. The highest BCUT2D eigenvalue weighted by atomic mass is 32.1. The number of amides is 1. The van der Waals surface area contributed by atoms with Gasteiger partial charge in [-0.3, -0.25) is 4.79 Å². The number of nitrogens with two attached hydrogens (primary N) is 1. The lowest BCUT2D eigenvalue weighted by atomic mass is 10.1. The number of aryl methyl sites for hydroxylation is 2. The van der Waals surface area contributed by atoms with Crippen LogP contribution in [0.2, 0.25) is 0 Å². The van der Waals surface area contributed by atoms with Gasteiger partial charge in [-0.25, -0.2) is 9.59 Å². The van der Waals surface area contributed by atoms with Crippen molar-refractivity contribution >= 4 is 34.2 Å². The van der Waals surface area contributed by atoms with Crippen LogP contribution in [-0.4, -0.2) is 38.1 Å².